The minimum Gasteiger partial charge on any atom is -0.294 e. The fraction of sp³-hybridized carbons (Fsp3) is 0.417. The molecular formula is C12H11ClO. The van der Waals surface area contributed by atoms with Gasteiger partial charge in [-0.2, -0.15) is 0 Å². The van der Waals surface area contributed by atoms with Crippen molar-refractivity contribution in [3.8, 4) is 0 Å². The van der Waals surface area contributed by atoms with Gasteiger partial charge >= 0.3 is 0 Å². The minimum atomic E-state index is 0.286. The highest BCUT2D eigenvalue weighted by Gasteiger charge is 2.48. The summed E-state index contributed by atoms with van der Waals surface area (Å²) in [6, 6.07) is 5.69. The van der Waals surface area contributed by atoms with Gasteiger partial charge in [0.25, 0.3) is 0 Å². The van der Waals surface area contributed by atoms with Gasteiger partial charge in [0.1, 0.15) is 0 Å². The van der Waals surface area contributed by atoms with E-state index in [0.29, 0.717) is 11.8 Å². The Balaban J connectivity index is 2.22. The monoisotopic (exact) mass is 206 g/mol. The Hall–Kier alpha value is -0.820. The summed E-state index contributed by atoms with van der Waals surface area (Å²) in [5.41, 5.74) is 2.45. The number of Topliss-reactive ketones (excluding diaryl/α,β-unsaturated/α-hetero) is 1. The van der Waals surface area contributed by atoms with Gasteiger partial charge in [0.15, 0.2) is 5.78 Å². The van der Waals surface area contributed by atoms with Crippen molar-refractivity contribution >= 4 is 17.4 Å². The topological polar surface area (TPSA) is 17.1 Å². The summed E-state index contributed by atoms with van der Waals surface area (Å²) in [7, 11) is 0. The molecule has 3 rings (SSSR count). The number of fused-ring (bicyclic) bond motifs is 2. The summed E-state index contributed by atoms with van der Waals surface area (Å²) in [6.45, 7) is 0. The lowest BCUT2D eigenvalue weighted by Crippen LogP contribution is -2.20. The molecule has 1 aromatic carbocycles. The third-order valence-electron chi connectivity index (χ3n) is 3.54. The van der Waals surface area contributed by atoms with E-state index < -0.39 is 0 Å². The maximum absolute atomic E-state index is 11.7. The van der Waals surface area contributed by atoms with Crippen LogP contribution in [0.3, 0.4) is 0 Å². The van der Waals surface area contributed by atoms with Crippen LogP contribution in [0.25, 0.3) is 0 Å². The van der Waals surface area contributed by atoms with Crippen molar-refractivity contribution in [2.24, 2.45) is 0 Å². The molecule has 2 aliphatic rings. The number of halogens is 1. The van der Waals surface area contributed by atoms with Gasteiger partial charge in [0.05, 0.1) is 0 Å². The first kappa shape index (κ1) is 8.49. The predicted octanol–water partition coefficient (Wildman–Crippen LogP) is 3.35. The van der Waals surface area contributed by atoms with Crippen molar-refractivity contribution < 1.29 is 4.79 Å². The van der Waals surface area contributed by atoms with Gasteiger partial charge in [-0.1, -0.05) is 11.6 Å². The molecule has 0 bridgehead atoms. The van der Waals surface area contributed by atoms with E-state index in [1.807, 2.05) is 18.2 Å². The van der Waals surface area contributed by atoms with Crippen molar-refractivity contribution in [2.75, 3.05) is 0 Å². The summed E-state index contributed by atoms with van der Waals surface area (Å²) >= 11 is 5.97. The second-order valence-electron chi connectivity index (χ2n) is 4.39. The van der Waals surface area contributed by atoms with Gasteiger partial charge in [-0.15, -0.1) is 0 Å². The van der Waals surface area contributed by atoms with Gasteiger partial charge in [-0.05, 0) is 48.4 Å². The second kappa shape index (κ2) is 2.60. The second-order valence-corrected chi connectivity index (χ2v) is 4.83. The highest BCUT2D eigenvalue weighted by Crippen LogP contribution is 2.55. The molecule has 1 spiro atoms. The number of carbonyl (C=O) groups excluding carboxylic acids is 1. The van der Waals surface area contributed by atoms with Crippen molar-refractivity contribution in [3.63, 3.8) is 0 Å². The van der Waals surface area contributed by atoms with E-state index in [-0.39, 0.29) is 5.78 Å². The molecule has 14 heavy (non-hydrogen) atoms. The van der Waals surface area contributed by atoms with Crippen LogP contribution >= 0.6 is 11.6 Å². The van der Waals surface area contributed by atoms with Crippen molar-refractivity contribution in [2.45, 2.75) is 31.1 Å². The van der Waals surface area contributed by atoms with Crippen molar-refractivity contribution in [1.82, 2.24) is 0 Å². The molecule has 0 radical (unpaired) electrons. The quantitative estimate of drug-likeness (QED) is 0.636. The van der Waals surface area contributed by atoms with Gasteiger partial charge in [0, 0.05) is 17.0 Å². The normalized spacial score (nSPS) is 22.2. The number of hydrogen-bond donors (Lipinski definition) is 0. The summed E-state index contributed by atoms with van der Waals surface area (Å²) in [5, 5.41) is 0.754. The number of carbonyl (C=O) groups is 1. The molecule has 72 valence electrons. The SMILES string of the molecule is O=C1CCC2(CC2)c2cc(Cl)ccc21. The van der Waals surface area contributed by atoms with Crippen LogP contribution in [0, 0.1) is 0 Å². The zero-order valence-electron chi connectivity index (χ0n) is 7.85. The molecule has 0 N–H and O–H groups in total. The molecule has 1 nitrogen and oxygen atoms in total. The van der Waals surface area contributed by atoms with E-state index in [9.17, 15) is 4.79 Å². The maximum atomic E-state index is 11.7. The maximum Gasteiger partial charge on any atom is 0.163 e. The Morgan fingerprint density at radius 1 is 1.21 bits per heavy atom. The number of rotatable bonds is 0. The molecule has 1 aromatic rings. The standard InChI is InChI=1S/C12H11ClO/c13-8-1-2-9-10(7-8)12(5-6-12)4-3-11(9)14/h1-2,7H,3-6H2. The molecule has 0 atom stereocenters. The summed E-state index contributed by atoms with van der Waals surface area (Å²) in [6.07, 6.45) is 4.20. The highest BCUT2D eigenvalue weighted by molar-refractivity contribution is 6.30. The first-order valence-corrected chi connectivity index (χ1v) is 5.42. The average molecular weight is 207 g/mol. The Morgan fingerprint density at radius 2 is 2.00 bits per heavy atom. The highest BCUT2D eigenvalue weighted by atomic mass is 35.5. The van der Waals surface area contributed by atoms with E-state index in [2.05, 4.69) is 0 Å². The van der Waals surface area contributed by atoms with Crippen molar-refractivity contribution in [3.05, 3.63) is 34.3 Å². The van der Waals surface area contributed by atoms with Crippen LogP contribution in [0.5, 0.6) is 0 Å². The number of hydrogen-bond acceptors (Lipinski definition) is 1. The van der Waals surface area contributed by atoms with E-state index in [4.69, 9.17) is 11.6 Å². The van der Waals surface area contributed by atoms with E-state index in [1.165, 1.54) is 18.4 Å². The summed E-state index contributed by atoms with van der Waals surface area (Å²) < 4.78 is 0. The van der Waals surface area contributed by atoms with E-state index in [1.54, 1.807) is 0 Å². The molecule has 0 unspecified atom stereocenters. The molecule has 1 fully saturated rings. The molecule has 0 saturated heterocycles. The lowest BCUT2D eigenvalue weighted by atomic mass is 9.79. The zero-order chi connectivity index (χ0) is 9.76. The smallest absolute Gasteiger partial charge is 0.163 e. The van der Waals surface area contributed by atoms with Crippen LogP contribution in [0.1, 0.15) is 41.6 Å². The average Bonchev–Trinajstić information content (AvgIpc) is 2.93. The zero-order valence-corrected chi connectivity index (χ0v) is 8.60. The largest absolute Gasteiger partial charge is 0.294 e. The Kier molecular flexibility index (Phi) is 1.58. The Labute approximate surface area is 88.1 Å². The molecule has 0 aromatic heterocycles. The van der Waals surface area contributed by atoms with Gasteiger partial charge in [-0.3, -0.25) is 4.79 Å². The fourth-order valence-electron chi connectivity index (χ4n) is 2.49. The van der Waals surface area contributed by atoms with E-state index >= 15 is 0 Å². The van der Waals surface area contributed by atoms with Crippen LogP contribution in [-0.4, -0.2) is 5.78 Å². The molecule has 0 amide bonds. The van der Waals surface area contributed by atoms with Gasteiger partial charge in [0.2, 0.25) is 0 Å². The van der Waals surface area contributed by atoms with Crippen molar-refractivity contribution in [1.29, 1.82) is 0 Å². The molecular weight excluding hydrogens is 196 g/mol. The van der Waals surface area contributed by atoms with E-state index in [0.717, 1.165) is 17.0 Å². The van der Waals surface area contributed by atoms with Crippen LogP contribution in [0.2, 0.25) is 5.02 Å². The lowest BCUT2D eigenvalue weighted by Gasteiger charge is -2.24. The number of ketones is 1. The molecule has 2 heteroatoms. The predicted molar refractivity (Wildman–Crippen MR) is 55.9 cm³/mol. The minimum absolute atomic E-state index is 0.286. The number of benzene rings is 1. The van der Waals surface area contributed by atoms with Crippen LogP contribution in [-0.2, 0) is 5.41 Å². The third kappa shape index (κ3) is 1.05. The van der Waals surface area contributed by atoms with Crippen LogP contribution in [0.4, 0.5) is 0 Å². The van der Waals surface area contributed by atoms with Gasteiger partial charge < -0.3 is 0 Å². The lowest BCUT2D eigenvalue weighted by molar-refractivity contribution is 0.0964. The first-order chi connectivity index (χ1) is 6.71. The summed E-state index contributed by atoms with van der Waals surface area (Å²) in [5.74, 6) is 0.286. The molecule has 0 aliphatic heterocycles. The molecule has 0 heterocycles. The first-order valence-electron chi connectivity index (χ1n) is 5.05. The Morgan fingerprint density at radius 3 is 2.71 bits per heavy atom. The van der Waals surface area contributed by atoms with Gasteiger partial charge in [-0.25, -0.2) is 0 Å². The van der Waals surface area contributed by atoms with Crippen LogP contribution < -0.4 is 0 Å². The summed E-state index contributed by atoms with van der Waals surface area (Å²) in [4.78, 5) is 11.7. The third-order valence-corrected chi connectivity index (χ3v) is 3.77. The molecule has 2 aliphatic carbocycles. The van der Waals surface area contributed by atoms with Crippen LogP contribution in [0.15, 0.2) is 18.2 Å². The molecule has 1 saturated carbocycles. The Bertz CT molecular complexity index is 418. The fourth-order valence-corrected chi connectivity index (χ4v) is 2.66.